The van der Waals surface area contributed by atoms with Gasteiger partial charge in [-0.3, -0.25) is 4.79 Å². The number of hydrogen-bond acceptors (Lipinski definition) is 2. The molecular weight excluding hydrogens is 238 g/mol. The molecule has 0 saturated heterocycles. The van der Waals surface area contributed by atoms with Crippen LogP contribution in [0.3, 0.4) is 0 Å². The van der Waals surface area contributed by atoms with Gasteiger partial charge in [0.05, 0.1) is 0 Å². The highest BCUT2D eigenvalue weighted by molar-refractivity contribution is 5.83. The molecular formula is C15H21N3O. The van der Waals surface area contributed by atoms with E-state index in [1.54, 1.807) is 7.05 Å². The Labute approximate surface area is 113 Å². The van der Waals surface area contributed by atoms with Gasteiger partial charge in [0.2, 0.25) is 5.91 Å². The van der Waals surface area contributed by atoms with Crippen LogP contribution in [0.4, 0.5) is 0 Å². The molecule has 0 saturated carbocycles. The third kappa shape index (κ3) is 3.35. The van der Waals surface area contributed by atoms with Gasteiger partial charge in [-0.15, -0.1) is 0 Å². The number of nitrogens with one attached hydrogen (secondary N) is 2. The fourth-order valence-corrected chi connectivity index (χ4v) is 2.03. The minimum absolute atomic E-state index is 0.0169. The van der Waals surface area contributed by atoms with Crippen LogP contribution in [-0.2, 0) is 17.9 Å². The first kappa shape index (κ1) is 13.6. The van der Waals surface area contributed by atoms with Crippen molar-refractivity contribution in [3.63, 3.8) is 0 Å². The van der Waals surface area contributed by atoms with Crippen LogP contribution in [0.5, 0.6) is 0 Å². The number of carbonyl (C=O) groups excluding carboxylic acids is 1. The Hall–Kier alpha value is -1.81. The number of fused-ring (bicyclic) bond motifs is 1. The van der Waals surface area contributed by atoms with E-state index >= 15 is 0 Å². The van der Waals surface area contributed by atoms with Crippen LogP contribution in [0, 0.1) is 0 Å². The molecule has 0 aliphatic rings. The predicted molar refractivity (Wildman–Crippen MR) is 78.0 cm³/mol. The van der Waals surface area contributed by atoms with Gasteiger partial charge in [0.25, 0.3) is 0 Å². The van der Waals surface area contributed by atoms with E-state index in [2.05, 4.69) is 42.7 Å². The maximum atomic E-state index is 11.5. The number of amides is 1. The van der Waals surface area contributed by atoms with Crippen molar-refractivity contribution in [2.75, 3.05) is 7.05 Å². The van der Waals surface area contributed by atoms with E-state index in [-0.39, 0.29) is 5.91 Å². The summed E-state index contributed by atoms with van der Waals surface area (Å²) in [5.41, 5.74) is 2.34. The maximum Gasteiger partial charge on any atom is 0.239 e. The van der Waals surface area contributed by atoms with Gasteiger partial charge >= 0.3 is 0 Å². The Morgan fingerprint density at radius 2 is 2.11 bits per heavy atom. The number of aromatic nitrogens is 1. The zero-order valence-electron chi connectivity index (χ0n) is 11.7. The predicted octanol–water partition coefficient (Wildman–Crippen LogP) is 1.89. The first-order valence-corrected chi connectivity index (χ1v) is 6.62. The summed E-state index contributed by atoms with van der Waals surface area (Å²) in [6, 6.07) is 8.88. The highest BCUT2D eigenvalue weighted by atomic mass is 16.1. The number of rotatable bonds is 5. The van der Waals surface area contributed by atoms with Crippen molar-refractivity contribution in [1.82, 2.24) is 15.2 Å². The molecule has 1 aromatic heterocycles. The Balaban J connectivity index is 2.24. The summed E-state index contributed by atoms with van der Waals surface area (Å²) in [6.45, 7) is 5.47. The largest absolute Gasteiger partial charge is 0.358 e. The molecule has 0 aliphatic heterocycles. The average molecular weight is 259 g/mol. The first-order chi connectivity index (χ1) is 9.10. The molecule has 1 aromatic carbocycles. The van der Waals surface area contributed by atoms with E-state index in [1.165, 1.54) is 5.56 Å². The highest BCUT2D eigenvalue weighted by Gasteiger charge is 2.06. The van der Waals surface area contributed by atoms with Crippen molar-refractivity contribution >= 4 is 16.8 Å². The summed E-state index contributed by atoms with van der Waals surface area (Å²) in [5, 5.41) is 7.22. The molecule has 0 fully saturated rings. The normalized spacial score (nSPS) is 11.2. The summed E-state index contributed by atoms with van der Waals surface area (Å²) in [5.74, 6) is 0.0169. The van der Waals surface area contributed by atoms with Gasteiger partial charge in [-0.2, -0.15) is 0 Å². The number of hydrogen-bond donors (Lipinski definition) is 2. The third-order valence-electron chi connectivity index (χ3n) is 3.15. The van der Waals surface area contributed by atoms with Crippen LogP contribution in [0.25, 0.3) is 10.9 Å². The molecule has 4 heteroatoms. The van der Waals surface area contributed by atoms with E-state index in [0.717, 1.165) is 17.4 Å². The fraction of sp³-hybridized carbons (Fsp3) is 0.400. The molecule has 0 unspecified atom stereocenters. The highest BCUT2D eigenvalue weighted by Crippen LogP contribution is 2.17. The van der Waals surface area contributed by atoms with Gasteiger partial charge in [0.15, 0.2) is 0 Å². The first-order valence-electron chi connectivity index (χ1n) is 6.62. The molecule has 1 amide bonds. The molecule has 0 aliphatic carbocycles. The van der Waals surface area contributed by atoms with Crippen molar-refractivity contribution < 1.29 is 4.79 Å². The van der Waals surface area contributed by atoms with Gasteiger partial charge in [-0.05, 0) is 23.1 Å². The van der Waals surface area contributed by atoms with Crippen LogP contribution < -0.4 is 10.6 Å². The van der Waals surface area contributed by atoms with Crippen molar-refractivity contribution in [1.29, 1.82) is 0 Å². The Bertz CT molecular complexity index is 572. The van der Waals surface area contributed by atoms with Gasteiger partial charge in [0.1, 0.15) is 6.54 Å². The van der Waals surface area contributed by atoms with Gasteiger partial charge in [-0.1, -0.05) is 26.0 Å². The summed E-state index contributed by atoms with van der Waals surface area (Å²) >= 11 is 0. The van der Waals surface area contributed by atoms with Crippen LogP contribution in [0.2, 0.25) is 0 Å². The van der Waals surface area contributed by atoms with E-state index in [9.17, 15) is 4.79 Å². The molecule has 2 rings (SSSR count). The second kappa shape index (κ2) is 5.89. The molecule has 0 radical (unpaired) electrons. The molecule has 2 aromatic rings. The summed E-state index contributed by atoms with van der Waals surface area (Å²) in [6.07, 6.45) is 1.96. The lowest BCUT2D eigenvalue weighted by molar-refractivity contribution is -0.121. The van der Waals surface area contributed by atoms with Crippen molar-refractivity contribution in [3.05, 3.63) is 36.0 Å². The molecule has 0 bridgehead atoms. The standard InChI is InChI=1S/C15H21N3O/c1-11(2)17-9-12-4-5-13-6-7-18(14(13)8-12)10-15(19)16-3/h4-8,11,17H,9-10H2,1-3H3,(H,16,19). The summed E-state index contributed by atoms with van der Waals surface area (Å²) in [4.78, 5) is 11.5. The number of likely N-dealkylation sites (N-methyl/N-ethyl adjacent to an activating group) is 1. The topological polar surface area (TPSA) is 46.1 Å². The van der Waals surface area contributed by atoms with Gasteiger partial charge in [-0.25, -0.2) is 0 Å². The SMILES string of the molecule is CNC(=O)Cn1ccc2ccc(CNC(C)C)cc21. The zero-order chi connectivity index (χ0) is 13.8. The van der Waals surface area contributed by atoms with Crippen LogP contribution in [-0.4, -0.2) is 23.6 Å². The fourth-order valence-electron chi connectivity index (χ4n) is 2.03. The van der Waals surface area contributed by atoms with E-state index in [4.69, 9.17) is 0 Å². The zero-order valence-corrected chi connectivity index (χ0v) is 11.7. The van der Waals surface area contributed by atoms with Crippen LogP contribution >= 0.6 is 0 Å². The van der Waals surface area contributed by atoms with Crippen molar-refractivity contribution in [2.45, 2.75) is 33.0 Å². The van der Waals surface area contributed by atoms with Crippen molar-refractivity contribution in [3.8, 4) is 0 Å². The Morgan fingerprint density at radius 1 is 1.32 bits per heavy atom. The lowest BCUT2D eigenvalue weighted by atomic mass is 10.1. The van der Waals surface area contributed by atoms with Crippen LogP contribution in [0.15, 0.2) is 30.5 Å². The molecule has 102 valence electrons. The Morgan fingerprint density at radius 3 is 2.79 bits per heavy atom. The Kier molecular flexibility index (Phi) is 4.22. The van der Waals surface area contributed by atoms with E-state index in [0.29, 0.717) is 12.6 Å². The minimum atomic E-state index is 0.0169. The van der Waals surface area contributed by atoms with E-state index in [1.807, 2.05) is 16.8 Å². The third-order valence-corrected chi connectivity index (χ3v) is 3.15. The second-order valence-corrected chi connectivity index (χ2v) is 5.05. The quantitative estimate of drug-likeness (QED) is 0.861. The second-order valence-electron chi connectivity index (χ2n) is 5.05. The van der Waals surface area contributed by atoms with Crippen LogP contribution in [0.1, 0.15) is 19.4 Å². The van der Waals surface area contributed by atoms with Crippen molar-refractivity contribution in [2.24, 2.45) is 0 Å². The molecule has 4 nitrogen and oxygen atoms in total. The minimum Gasteiger partial charge on any atom is -0.358 e. The molecule has 19 heavy (non-hydrogen) atoms. The number of carbonyl (C=O) groups is 1. The number of nitrogens with zero attached hydrogens (tertiary/aromatic N) is 1. The lowest BCUT2D eigenvalue weighted by Crippen LogP contribution is -2.23. The lowest BCUT2D eigenvalue weighted by Gasteiger charge is -2.09. The number of benzene rings is 1. The smallest absolute Gasteiger partial charge is 0.239 e. The van der Waals surface area contributed by atoms with Gasteiger partial charge in [0, 0.05) is 31.3 Å². The van der Waals surface area contributed by atoms with E-state index < -0.39 is 0 Å². The molecule has 1 heterocycles. The summed E-state index contributed by atoms with van der Waals surface area (Å²) in [7, 11) is 1.66. The average Bonchev–Trinajstić information content (AvgIpc) is 2.79. The monoisotopic (exact) mass is 259 g/mol. The maximum absolute atomic E-state index is 11.5. The molecule has 0 spiro atoms. The van der Waals surface area contributed by atoms with Gasteiger partial charge < -0.3 is 15.2 Å². The summed E-state index contributed by atoms with van der Waals surface area (Å²) < 4.78 is 1.98. The molecule has 0 atom stereocenters. The molecule has 2 N–H and O–H groups in total.